The highest BCUT2D eigenvalue weighted by Crippen LogP contribution is 2.03. The number of ketones is 1. The first-order valence-corrected chi connectivity index (χ1v) is 3.95. The van der Waals surface area contributed by atoms with E-state index in [1.54, 1.807) is 24.3 Å². The standard InChI is InChI=1S/C11H8O3/c1-8(12)10-5-2-9(3-6-10)4-7-11(13)14/h2-3,5-6H,1H3,(H,13,14). The van der Waals surface area contributed by atoms with Crippen molar-refractivity contribution < 1.29 is 14.7 Å². The molecule has 70 valence electrons. The molecule has 0 atom stereocenters. The molecular formula is C11H8O3. The van der Waals surface area contributed by atoms with Crippen molar-refractivity contribution in [2.24, 2.45) is 0 Å². The van der Waals surface area contributed by atoms with Gasteiger partial charge in [0.25, 0.3) is 0 Å². The van der Waals surface area contributed by atoms with Crippen molar-refractivity contribution in [2.45, 2.75) is 6.92 Å². The summed E-state index contributed by atoms with van der Waals surface area (Å²) in [6, 6.07) is 6.47. The van der Waals surface area contributed by atoms with Gasteiger partial charge >= 0.3 is 5.97 Å². The average Bonchev–Trinajstić information content (AvgIpc) is 2.15. The molecule has 0 aliphatic heterocycles. The molecule has 0 amide bonds. The number of hydrogen-bond donors (Lipinski definition) is 1. The summed E-state index contributed by atoms with van der Waals surface area (Å²) in [5.41, 5.74) is 1.17. The molecule has 1 rings (SSSR count). The van der Waals surface area contributed by atoms with Gasteiger partial charge in [-0.05, 0) is 19.1 Å². The third-order valence-electron chi connectivity index (χ3n) is 1.61. The fourth-order valence-electron chi connectivity index (χ4n) is 0.914. The minimum atomic E-state index is -1.17. The van der Waals surface area contributed by atoms with Crippen LogP contribution in [0.2, 0.25) is 0 Å². The number of carboxylic acid groups (broad SMARTS) is 1. The molecule has 0 saturated carbocycles. The first kappa shape index (κ1) is 10.0. The molecule has 0 aliphatic rings. The Morgan fingerprint density at radius 2 is 1.79 bits per heavy atom. The number of benzene rings is 1. The number of Topliss-reactive ketones (excluding diaryl/α,β-unsaturated/α-hetero) is 1. The second kappa shape index (κ2) is 4.24. The van der Waals surface area contributed by atoms with Crippen molar-refractivity contribution >= 4 is 11.8 Å². The van der Waals surface area contributed by atoms with Crippen LogP contribution < -0.4 is 0 Å². The second-order valence-corrected chi connectivity index (χ2v) is 2.69. The second-order valence-electron chi connectivity index (χ2n) is 2.69. The maximum atomic E-state index is 10.9. The minimum absolute atomic E-state index is 0.0252. The van der Waals surface area contributed by atoms with Crippen LogP contribution >= 0.6 is 0 Å². The number of carboxylic acids is 1. The van der Waals surface area contributed by atoms with E-state index >= 15 is 0 Å². The molecule has 0 aliphatic carbocycles. The van der Waals surface area contributed by atoms with Crippen LogP contribution in [-0.4, -0.2) is 16.9 Å². The molecule has 0 heterocycles. The molecule has 1 N–H and O–H groups in total. The molecular weight excluding hydrogens is 180 g/mol. The molecule has 1 aromatic rings. The van der Waals surface area contributed by atoms with Gasteiger partial charge in [-0.2, -0.15) is 0 Å². The van der Waals surface area contributed by atoms with Crippen molar-refractivity contribution in [1.82, 2.24) is 0 Å². The lowest BCUT2D eigenvalue weighted by molar-refractivity contribution is -0.130. The molecule has 0 aromatic heterocycles. The predicted molar refractivity (Wildman–Crippen MR) is 51.0 cm³/mol. The summed E-state index contributed by atoms with van der Waals surface area (Å²) in [7, 11) is 0. The van der Waals surface area contributed by atoms with Crippen LogP contribution in [0.25, 0.3) is 0 Å². The zero-order chi connectivity index (χ0) is 10.6. The van der Waals surface area contributed by atoms with Crippen molar-refractivity contribution in [3.63, 3.8) is 0 Å². The highest BCUT2D eigenvalue weighted by atomic mass is 16.4. The van der Waals surface area contributed by atoms with Gasteiger partial charge in [0.1, 0.15) is 0 Å². The monoisotopic (exact) mass is 188 g/mol. The van der Waals surface area contributed by atoms with Crippen LogP contribution in [0.1, 0.15) is 22.8 Å². The maximum absolute atomic E-state index is 10.9. The lowest BCUT2D eigenvalue weighted by atomic mass is 10.1. The lowest BCUT2D eigenvalue weighted by Gasteiger charge is -1.93. The van der Waals surface area contributed by atoms with Crippen molar-refractivity contribution in [3.8, 4) is 11.8 Å². The van der Waals surface area contributed by atoms with Crippen LogP contribution in [0, 0.1) is 11.8 Å². The first-order valence-electron chi connectivity index (χ1n) is 3.95. The molecule has 3 heteroatoms. The van der Waals surface area contributed by atoms with Crippen LogP contribution in [0.5, 0.6) is 0 Å². The maximum Gasteiger partial charge on any atom is 0.382 e. The molecule has 0 saturated heterocycles. The molecule has 0 fully saturated rings. The van der Waals surface area contributed by atoms with E-state index in [1.165, 1.54) is 6.92 Å². The van der Waals surface area contributed by atoms with Crippen molar-refractivity contribution in [3.05, 3.63) is 35.4 Å². The van der Waals surface area contributed by atoms with Gasteiger partial charge in [0.05, 0.1) is 0 Å². The van der Waals surface area contributed by atoms with Gasteiger partial charge in [0, 0.05) is 17.0 Å². The van der Waals surface area contributed by atoms with Gasteiger partial charge in [0.15, 0.2) is 5.78 Å². The predicted octanol–water partition coefficient (Wildman–Crippen LogP) is 1.33. The summed E-state index contributed by atoms with van der Waals surface area (Å²) in [6.45, 7) is 1.47. The van der Waals surface area contributed by atoms with Gasteiger partial charge in [-0.15, -0.1) is 0 Å². The van der Waals surface area contributed by atoms with E-state index in [1.807, 2.05) is 5.92 Å². The van der Waals surface area contributed by atoms with E-state index in [-0.39, 0.29) is 5.78 Å². The van der Waals surface area contributed by atoms with Crippen LogP contribution in [-0.2, 0) is 4.79 Å². The molecule has 3 nitrogen and oxygen atoms in total. The van der Waals surface area contributed by atoms with E-state index in [0.29, 0.717) is 11.1 Å². The fourth-order valence-corrected chi connectivity index (χ4v) is 0.914. The van der Waals surface area contributed by atoms with Crippen LogP contribution in [0.4, 0.5) is 0 Å². The van der Waals surface area contributed by atoms with E-state index in [4.69, 9.17) is 5.11 Å². The third kappa shape index (κ3) is 2.76. The van der Waals surface area contributed by atoms with E-state index < -0.39 is 5.97 Å². The first-order chi connectivity index (χ1) is 6.59. The molecule has 0 spiro atoms. The van der Waals surface area contributed by atoms with E-state index in [2.05, 4.69) is 5.92 Å². The summed E-state index contributed by atoms with van der Waals surface area (Å²) < 4.78 is 0. The van der Waals surface area contributed by atoms with Gasteiger partial charge in [-0.1, -0.05) is 18.1 Å². The van der Waals surface area contributed by atoms with Gasteiger partial charge in [0.2, 0.25) is 0 Å². The Hall–Kier alpha value is -2.08. The summed E-state index contributed by atoms with van der Waals surface area (Å²) >= 11 is 0. The zero-order valence-corrected chi connectivity index (χ0v) is 7.57. The quantitative estimate of drug-likeness (QED) is 0.534. The molecule has 14 heavy (non-hydrogen) atoms. The van der Waals surface area contributed by atoms with Gasteiger partial charge < -0.3 is 5.11 Å². The van der Waals surface area contributed by atoms with Gasteiger partial charge in [-0.3, -0.25) is 4.79 Å². The summed E-state index contributed by atoms with van der Waals surface area (Å²) in [6.07, 6.45) is 0. The highest BCUT2D eigenvalue weighted by Gasteiger charge is 1.96. The zero-order valence-electron chi connectivity index (χ0n) is 7.57. The Labute approximate surface area is 81.4 Å². The topological polar surface area (TPSA) is 54.4 Å². The number of aliphatic carboxylic acids is 1. The Morgan fingerprint density at radius 3 is 2.21 bits per heavy atom. The average molecular weight is 188 g/mol. The van der Waals surface area contributed by atoms with Crippen molar-refractivity contribution in [1.29, 1.82) is 0 Å². The highest BCUT2D eigenvalue weighted by molar-refractivity contribution is 5.94. The number of rotatable bonds is 1. The van der Waals surface area contributed by atoms with E-state index in [0.717, 1.165) is 0 Å². The molecule has 0 bridgehead atoms. The summed E-state index contributed by atoms with van der Waals surface area (Å²) in [4.78, 5) is 21.0. The summed E-state index contributed by atoms with van der Waals surface area (Å²) in [5, 5.41) is 8.29. The van der Waals surface area contributed by atoms with Crippen LogP contribution in [0.15, 0.2) is 24.3 Å². The number of carbonyl (C=O) groups excluding carboxylic acids is 1. The summed E-state index contributed by atoms with van der Waals surface area (Å²) in [5.74, 6) is 3.25. The number of carbonyl (C=O) groups is 2. The molecule has 0 radical (unpaired) electrons. The minimum Gasteiger partial charge on any atom is -0.472 e. The smallest absolute Gasteiger partial charge is 0.382 e. The van der Waals surface area contributed by atoms with Crippen molar-refractivity contribution in [2.75, 3.05) is 0 Å². The van der Waals surface area contributed by atoms with Crippen LogP contribution in [0.3, 0.4) is 0 Å². The largest absolute Gasteiger partial charge is 0.472 e. The number of hydrogen-bond acceptors (Lipinski definition) is 2. The lowest BCUT2D eigenvalue weighted by Crippen LogP contribution is -1.91. The third-order valence-corrected chi connectivity index (χ3v) is 1.61. The van der Waals surface area contributed by atoms with E-state index in [9.17, 15) is 9.59 Å². The Kier molecular flexibility index (Phi) is 3.03. The fraction of sp³-hybridized carbons (Fsp3) is 0.0909. The Bertz CT molecular complexity index is 418. The molecule has 0 unspecified atom stereocenters. The van der Waals surface area contributed by atoms with Gasteiger partial charge in [-0.25, -0.2) is 4.79 Å². The normalized spacial score (nSPS) is 8.64. The SMILES string of the molecule is CC(=O)c1ccc(C#CC(=O)O)cc1. The molecule has 1 aromatic carbocycles. The Morgan fingerprint density at radius 1 is 1.21 bits per heavy atom. The Balaban J connectivity index is 2.91.